The number of phenolic OH excluding ortho intramolecular Hbond substituents is 1. The number of carbonyl (C=O) groups is 3. The van der Waals surface area contributed by atoms with Crippen LogP contribution in [-0.2, 0) is 27.3 Å². The van der Waals surface area contributed by atoms with E-state index in [9.17, 15) is 34.8 Å². The monoisotopic (exact) mass is 556 g/mol. The predicted octanol–water partition coefficient (Wildman–Crippen LogP) is 1.17. The topological polar surface area (TPSA) is 177 Å². The average molecular weight is 557 g/mol. The maximum atomic E-state index is 14.0. The first-order chi connectivity index (χ1) is 18.4. The molecule has 40 heavy (non-hydrogen) atoms. The summed E-state index contributed by atoms with van der Waals surface area (Å²) in [5.74, 6) is -6.55. The molecule has 11 nitrogen and oxygen atoms in total. The molecule has 4 rings (SSSR count). The van der Waals surface area contributed by atoms with Gasteiger partial charge in [-0.25, -0.2) is 0 Å². The number of amides is 1. The van der Waals surface area contributed by atoms with Gasteiger partial charge in [0.1, 0.15) is 22.8 Å². The Bertz CT molecular complexity index is 1350. The van der Waals surface area contributed by atoms with Gasteiger partial charge < -0.3 is 36.4 Å². The van der Waals surface area contributed by atoms with Crippen molar-refractivity contribution in [1.82, 2.24) is 10.2 Å². The lowest BCUT2D eigenvalue weighted by Crippen LogP contribution is -2.65. The van der Waals surface area contributed by atoms with Gasteiger partial charge in [-0.3, -0.25) is 19.3 Å². The molecule has 3 aliphatic rings. The Balaban J connectivity index is 1.91. The third-order valence-corrected chi connectivity index (χ3v) is 8.23. The number of nitrogens with zero attached hydrogens (tertiary/aromatic N) is 2. The lowest BCUT2D eigenvalue weighted by atomic mass is 9.57. The molecule has 1 unspecified atom stereocenters. The number of Topliss-reactive ketones (excluding diaryl/α,β-unsaturated/α-hetero) is 2. The van der Waals surface area contributed by atoms with Gasteiger partial charge in [0.2, 0.25) is 5.78 Å². The minimum atomic E-state index is -2.66. The van der Waals surface area contributed by atoms with Crippen molar-refractivity contribution in [1.29, 1.82) is 0 Å². The lowest BCUT2D eigenvalue weighted by Gasteiger charge is -2.50. The Morgan fingerprint density at radius 1 is 1.15 bits per heavy atom. The van der Waals surface area contributed by atoms with Crippen molar-refractivity contribution in [2.45, 2.75) is 51.8 Å². The number of primary amides is 1. The second-order valence-electron chi connectivity index (χ2n) is 12.8. The minimum absolute atomic E-state index is 0.00285. The van der Waals surface area contributed by atoms with Crippen LogP contribution in [0.1, 0.15) is 43.9 Å². The van der Waals surface area contributed by atoms with Crippen LogP contribution >= 0.6 is 0 Å². The molecule has 0 radical (unpaired) electrons. The van der Waals surface area contributed by atoms with Crippen molar-refractivity contribution in [3.8, 4) is 5.75 Å². The molecule has 1 saturated carbocycles. The number of likely N-dealkylation sites (N-methyl/N-ethyl adjacent to an activating group) is 1. The van der Waals surface area contributed by atoms with Crippen molar-refractivity contribution in [3.05, 3.63) is 39.7 Å². The summed E-state index contributed by atoms with van der Waals surface area (Å²) in [7, 11) is 6.84. The van der Waals surface area contributed by atoms with E-state index in [2.05, 4.69) is 26.1 Å². The number of nitrogens with one attached hydrogen (secondary N) is 1. The number of carbonyl (C=O) groups excluding carboxylic acids is 3. The Morgan fingerprint density at radius 2 is 1.77 bits per heavy atom. The van der Waals surface area contributed by atoms with Crippen molar-refractivity contribution < 1.29 is 34.8 Å². The van der Waals surface area contributed by atoms with Crippen LogP contribution in [0.3, 0.4) is 0 Å². The molecule has 1 aromatic rings. The van der Waals surface area contributed by atoms with Gasteiger partial charge in [-0.05, 0) is 49.9 Å². The third-order valence-electron chi connectivity index (χ3n) is 8.23. The SMILES string of the molecule is CN(C)c1cc(CNCC(C)(C)C)c(O)c2c1C[C@H]1C[C@@H]3C(N(C)C)C(=O)C(C(N)=O)=C(O)[C@@]3(O)C(=O)C1=C2O. The van der Waals surface area contributed by atoms with E-state index < -0.39 is 58.0 Å². The molecule has 1 amide bonds. The summed E-state index contributed by atoms with van der Waals surface area (Å²) in [6, 6.07) is 0.735. The molecule has 0 aromatic heterocycles. The summed E-state index contributed by atoms with van der Waals surface area (Å²) < 4.78 is 0. The summed E-state index contributed by atoms with van der Waals surface area (Å²) in [5, 5.41) is 49.0. The quantitative estimate of drug-likeness (QED) is 0.279. The van der Waals surface area contributed by atoms with Crippen LogP contribution in [0.15, 0.2) is 23.0 Å². The van der Waals surface area contributed by atoms with Gasteiger partial charge >= 0.3 is 0 Å². The smallest absolute Gasteiger partial charge is 0.255 e. The second-order valence-corrected chi connectivity index (χ2v) is 12.8. The van der Waals surface area contributed by atoms with Crippen LogP contribution in [-0.4, -0.2) is 89.2 Å². The van der Waals surface area contributed by atoms with E-state index in [1.807, 2.05) is 25.1 Å². The van der Waals surface area contributed by atoms with Crippen LogP contribution in [0.4, 0.5) is 5.69 Å². The summed E-state index contributed by atoms with van der Waals surface area (Å²) in [4.78, 5) is 42.8. The van der Waals surface area contributed by atoms with Gasteiger partial charge in [-0.2, -0.15) is 0 Å². The van der Waals surface area contributed by atoms with Gasteiger partial charge in [0.15, 0.2) is 11.4 Å². The fourth-order valence-electron chi connectivity index (χ4n) is 6.45. The average Bonchev–Trinajstić information content (AvgIpc) is 2.81. The highest BCUT2D eigenvalue weighted by Crippen LogP contribution is 2.54. The van der Waals surface area contributed by atoms with Crippen LogP contribution in [0, 0.1) is 17.3 Å². The number of hydrogen-bond acceptors (Lipinski definition) is 10. The van der Waals surface area contributed by atoms with E-state index >= 15 is 0 Å². The maximum absolute atomic E-state index is 14.0. The number of rotatable bonds is 6. The summed E-state index contributed by atoms with van der Waals surface area (Å²) in [5.41, 5.74) is 3.73. The van der Waals surface area contributed by atoms with Gasteiger partial charge in [0.25, 0.3) is 5.91 Å². The highest BCUT2D eigenvalue weighted by Gasteiger charge is 2.64. The molecule has 218 valence electrons. The number of ketones is 2. The van der Waals surface area contributed by atoms with Crippen molar-refractivity contribution >= 4 is 28.9 Å². The first-order valence-corrected chi connectivity index (χ1v) is 13.3. The number of nitrogens with two attached hydrogens (primary N) is 1. The summed E-state index contributed by atoms with van der Waals surface area (Å²) >= 11 is 0. The Hall–Kier alpha value is -3.41. The van der Waals surface area contributed by atoms with Crippen LogP contribution in [0.25, 0.3) is 5.76 Å². The molecule has 1 aromatic carbocycles. The largest absolute Gasteiger partial charge is 0.508 e. The molecular formula is C29H40N4O7. The van der Waals surface area contributed by atoms with Crippen LogP contribution in [0.5, 0.6) is 5.75 Å². The van der Waals surface area contributed by atoms with Gasteiger partial charge in [-0.1, -0.05) is 20.8 Å². The van der Waals surface area contributed by atoms with Gasteiger partial charge in [0, 0.05) is 49.9 Å². The van der Waals surface area contributed by atoms with E-state index in [1.54, 1.807) is 14.1 Å². The fraction of sp³-hybridized carbons (Fsp3) is 0.552. The standard InChI is InChI=1S/C29H40N4O7/c1-28(2,3)12-31-11-14-10-17(32(4)5)15-8-13-9-16-21(33(6)7)24(36)20(27(30)39)26(38)29(16,40)25(37)18(13)23(35)19(15)22(14)34/h10,13,16,21,31,34-35,38,40H,8-9,11-12H2,1-7H3,(H2,30,39)/t13-,16+,21?,29-/m0/s1. The zero-order valence-electron chi connectivity index (χ0n) is 24.1. The number of fused-ring (bicyclic) bond motifs is 3. The van der Waals surface area contributed by atoms with E-state index in [1.165, 1.54) is 4.90 Å². The molecule has 3 aliphatic carbocycles. The number of aliphatic hydroxyl groups is 3. The highest BCUT2D eigenvalue weighted by atomic mass is 16.3. The maximum Gasteiger partial charge on any atom is 0.255 e. The van der Waals surface area contributed by atoms with Crippen molar-refractivity contribution in [2.24, 2.45) is 23.0 Å². The van der Waals surface area contributed by atoms with Crippen LogP contribution in [0.2, 0.25) is 0 Å². The molecule has 0 aliphatic heterocycles. The van der Waals surface area contributed by atoms with Crippen molar-refractivity contribution in [2.75, 3.05) is 39.6 Å². The molecule has 0 bridgehead atoms. The zero-order valence-corrected chi connectivity index (χ0v) is 24.1. The van der Waals surface area contributed by atoms with E-state index in [0.717, 1.165) is 5.69 Å². The minimum Gasteiger partial charge on any atom is -0.508 e. The Labute approximate surface area is 233 Å². The van der Waals surface area contributed by atoms with Gasteiger partial charge in [0.05, 0.1) is 11.6 Å². The van der Waals surface area contributed by atoms with E-state index in [0.29, 0.717) is 24.2 Å². The lowest BCUT2D eigenvalue weighted by molar-refractivity contribution is -0.153. The fourth-order valence-corrected chi connectivity index (χ4v) is 6.45. The molecule has 0 saturated heterocycles. The second kappa shape index (κ2) is 9.90. The number of hydrogen-bond donors (Lipinski definition) is 6. The first kappa shape index (κ1) is 29.6. The van der Waals surface area contributed by atoms with E-state index in [4.69, 9.17) is 5.73 Å². The van der Waals surface area contributed by atoms with E-state index in [-0.39, 0.29) is 35.1 Å². The molecular weight excluding hydrogens is 516 g/mol. The number of phenols is 1. The highest BCUT2D eigenvalue weighted by molar-refractivity contribution is 6.24. The molecule has 4 atom stereocenters. The number of benzene rings is 1. The molecule has 7 N–H and O–H groups in total. The summed E-state index contributed by atoms with van der Waals surface area (Å²) in [6.07, 6.45) is 0.291. The molecule has 0 heterocycles. The zero-order chi connectivity index (χ0) is 30.1. The number of aliphatic hydroxyl groups excluding tert-OH is 2. The number of anilines is 1. The van der Waals surface area contributed by atoms with Gasteiger partial charge in [-0.15, -0.1) is 0 Å². The van der Waals surface area contributed by atoms with Crippen LogP contribution < -0.4 is 16.0 Å². The molecule has 1 fully saturated rings. The first-order valence-electron chi connectivity index (χ1n) is 13.3. The molecule has 0 spiro atoms. The number of aromatic hydroxyl groups is 1. The Kier molecular flexibility index (Phi) is 7.32. The summed E-state index contributed by atoms with van der Waals surface area (Å²) in [6.45, 7) is 7.21. The third kappa shape index (κ3) is 4.46. The molecule has 11 heteroatoms. The van der Waals surface area contributed by atoms with Crippen molar-refractivity contribution in [3.63, 3.8) is 0 Å². The normalized spacial score (nSPS) is 26.6. The predicted molar refractivity (Wildman–Crippen MR) is 150 cm³/mol. The Morgan fingerprint density at radius 3 is 2.30 bits per heavy atom.